The Hall–Kier alpha value is -0.870. The highest BCUT2D eigenvalue weighted by Gasteiger charge is 2.18. The van der Waals surface area contributed by atoms with Crippen molar-refractivity contribution in [1.29, 1.82) is 0 Å². The van der Waals surface area contributed by atoms with Crippen LogP contribution in [0.3, 0.4) is 0 Å². The van der Waals surface area contributed by atoms with Crippen molar-refractivity contribution in [3.05, 3.63) is 18.2 Å². The Morgan fingerprint density at radius 3 is 2.71 bits per heavy atom. The second-order valence-electron chi connectivity index (χ2n) is 4.77. The number of aromatic nitrogens is 2. The first-order valence-electron chi connectivity index (χ1n) is 6.66. The van der Waals surface area contributed by atoms with Gasteiger partial charge in [0, 0.05) is 19.4 Å². The van der Waals surface area contributed by atoms with Crippen LogP contribution >= 0.6 is 0 Å². The Labute approximate surface area is 105 Å². The van der Waals surface area contributed by atoms with Crippen molar-refractivity contribution in [3.8, 4) is 0 Å². The van der Waals surface area contributed by atoms with Crippen LogP contribution in [0.25, 0.3) is 0 Å². The monoisotopic (exact) mass is 238 g/mol. The number of unbranched alkanes of at least 4 members (excludes halogenated alkanes) is 1. The largest absolute Gasteiger partial charge is 0.337 e. The maximum atomic E-state index is 5.66. The molecule has 4 heteroatoms. The molecule has 4 nitrogen and oxygen atoms in total. The van der Waals surface area contributed by atoms with Crippen molar-refractivity contribution in [2.24, 2.45) is 18.8 Å². The van der Waals surface area contributed by atoms with Gasteiger partial charge in [-0.15, -0.1) is 0 Å². The van der Waals surface area contributed by atoms with E-state index in [4.69, 9.17) is 5.84 Å². The topological polar surface area (TPSA) is 55.9 Å². The first-order chi connectivity index (χ1) is 8.22. The highest BCUT2D eigenvalue weighted by Crippen LogP contribution is 2.25. The second-order valence-corrected chi connectivity index (χ2v) is 4.77. The smallest absolute Gasteiger partial charge is 0.126 e. The van der Waals surface area contributed by atoms with Gasteiger partial charge in [0.15, 0.2) is 0 Å². The number of nitrogens with one attached hydrogen (secondary N) is 1. The van der Waals surface area contributed by atoms with Crippen LogP contribution in [0.15, 0.2) is 12.4 Å². The third-order valence-electron chi connectivity index (χ3n) is 3.48. The summed E-state index contributed by atoms with van der Waals surface area (Å²) in [6.45, 7) is 4.50. The van der Waals surface area contributed by atoms with Crippen molar-refractivity contribution < 1.29 is 0 Å². The molecular weight excluding hydrogens is 212 g/mol. The zero-order valence-corrected chi connectivity index (χ0v) is 11.3. The Morgan fingerprint density at radius 2 is 2.24 bits per heavy atom. The van der Waals surface area contributed by atoms with Crippen LogP contribution in [0.5, 0.6) is 0 Å². The molecule has 0 amide bonds. The molecule has 0 bridgehead atoms. The van der Waals surface area contributed by atoms with Gasteiger partial charge in [0.1, 0.15) is 5.82 Å². The van der Waals surface area contributed by atoms with Gasteiger partial charge in [0.25, 0.3) is 0 Å². The predicted molar refractivity (Wildman–Crippen MR) is 71.2 cm³/mol. The zero-order chi connectivity index (χ0) is 12.7. The van der Waals surface area contributed by atoms with E-state index in [1.807, 2.05) is 24.0 Å². The van der Waals surface area contributed by atoms with Crippen LogP contribution < -0.4 is 11.3 Å². The Bertz CT molecular complexity index is 308. The average Bonchev–Trinajstić information content (AvgIpc) is 2.76. The molecule has 0 saturated carbocycles. The van der Waals surface area contributed by atoms with Crippen LogP contribution in [0.4, 0.5) is 0 Å². The van der Waals surface area contributed by atoms with Gasteiger partial charge in [0.05, 0.1) is 6.04 Å². The average molecular weight is 238 g/mol. The fourth-order valence-electron chi connectivity index (χ4n) is 2.28. The Balaban J connectivity index is 2.59. The van der Waals surface area contributed by atoms with Gasteiger partial charge in [-0.25, -0.2) is 10.4 Å². The second kappa shape index (κ2) is 7.45. The summed E-state index contributed by atoms with van der Waals surface area (Å²) in [7, 11) is 2.01. The summed E-state index contributed by atoms with van der Waals surface area (Å²) in [5.41, 5.74) is 2.90. The van der Waals surface area contributed by atoms with Crippen LogP contribution in [0.2, 0.25) is 0 Å². The molecule has 2 unspecified atom stereocenters. The van der Waals surface area contributed by atoms with Crippen molar-refractivity contribution in [2.45, 2.75) is 52.0 Å². The molecule has 0 fully saturated rings. The molecule has 1 aromatic rings. The molecule has 0 radical (unpaired) electrons. The molecule has 0 saturated heterocycles. The highest BCUT2D eigenvalue weighted by molar-refractivity contribution is 4.98. The van der Waals surface area contributed by atoms with E-state index in [1.165, 1.54) is 25.7 Å². The maximum absolute atomic E-state index is 5.66. The lowest BCUT2D eigenvalue weighted by molar-refractivity contribution is 0.344. The summed E-state index contributed by atoms with van der Waals surface area (Å²) >= 11 is 0. The molecule has 3 N–H and O–H groups in total. The molecule has 0 aliphatic carbocycles. The molecule has 0 aliphatic heterocycles. The van der Waals surface area contributed by atoms with Gasteiger partial charge in [-0.3, -0.25) is 5.84 Å². The zero-order valence-electron chi connectivity index (χ0n) is 11.3. The molecule has 2 atom stereocenters. The number of hydrogen-bond acceptors (Lipinski definition) is 3. The molecule has 1 rings (SSSR count). The number of aryl methyl sites for hydroxylation is 1. The van der Waals surface area contributed by atoms with Crippen molar-refractivity contribution in [1.82, 2.24) is 15.0 Å². The van der Waals surface area contributed by atoms with Gasteiger partial charge in [-0.2, -0.15) is 0 Å². The number of rotatable bonds is 8. The Morgan fingerprint density at radius 1 is 1.47 bits per heavy atom. The number of nitrogens with two attached hydrogens (primary N) is 1. The minimum atomic E-state index is 0.164. The molecule has 0 spiro atoms. The first-order valence-corrected chi connectivity index (χ1v) is 6.66. The van der Waals surface area contributed by atoms with Crippen molar-refractivity contribution in [3.63, 3.8) is 0 Å². The van der Waals surface area contributed by atoms with Gasteiger partial charge in [-0.1, -0.05) is 39.5 Å². The third-order valence-corrected chi connectivity index (χ3v) is 3.48. The summed E-state index contributed by atoms with van der Waals surface area (Å²) in [5, 5.41) is 0. The quantitative estimate of drug-likeness (QED) is 0.540. The number of hydrazine groups is 1. The predicted octanol–water partition coefficient (Wildman–Crippen LogP) is 2.53. The minimum absolute atomic E-state index is 0.164. The normalized spacial score (nSPS) is 14.8. The molecule has 0 aromatic carbocycles. The molecule has 17 heavy (non-hydrogen) atoms. The summed E-state index contributed by atoms with van der Waals surface area (Å²) in [6, 6.07) is 0.164. The van der Waals surface area contributed by atoms with Crippen molar-refractivity contribution >= 4 is 0 Å². The highest BCUT2D eigenvalue weighted by atomic mass is 15.3. The van der Waals surface area contributed by atoms with Gasteiger partial charge in [0.2, 0.25) is 0 Å². The summed E-state index contributed by atoms with van der Waals surface area (Å²) in [4.78, 5) is 4.38. The van der Waals surface area contributed by atoms with Gasteiger partial charge >= 0.3 is 0 Å². The molecule has 1 heterocycles. The number of hydrogen-bond donors (Lipinski definition) is 2. The standard InChI is InChI=1S/C13H26N4/c1-4-6-7-11(5-2)10-12(16-14)13-15-8-9-17(13)3/h8-9,11-12,16H,4-7,10,14H2,1-3H3. The van der Waals surface area contributed by atoms with Crippen LogP contribution in [0.1, 0.15) is 57.8 Å². The third kappa shape index (κ3) is 4.13. The molecular formula is C13H26N4. The van der Waals surface area contributed by atoms with Crippen molar-refractivity contribution in [2.75, 3.05) is 0 Å². The van der Waals surface area contributed by atoms with Gasteiger partial charge in [-0.05, 0) is 12.3 Å². The molecule has 1 aromatic heterocycles. The SMILES string of the molecule is CCCCC(CC)CC(NN)c1nccn1C. The van der Waals surface area contributed by atoms with E-state index in [2.05, 4.69) is 24.3 Å². The maximum Gasteiger partial charge on any atom is 0.126 e. The fourth-order valence-corrected chi connectivity index (χ4v) is 2.28. The summed E-state index contributed by atoms with van der Waals surface area (Å²) in [6.07, 6.45) is 9.92. The lowest BCUT2D eigenvalue weighted by Gasteiger charge is -2.21. The van der Waals surface area contributed by atoms with Crippen LogP contribution in [0, 0.1) is 5.92 Å². The summed E-state index contributed by atoms with van der Waals surface area (Å²) in [5.74, 6) is 7.42. The van der Waals surface area contributed by atoms with E-state index in [0.717, 1.165) is 18.2 Å². The van der Waals surface area contributed by atoms with E-state index in [-0.39, 0.29) is 6.04 Å². The van der Waals surface area contributed by atoms with Crippen LogP contribution in [-0.4, -0.2) is 9.55 Å². The van der Waals surface area contributed by atoms with E-state index in [9.17, 15) is 0 Å². The fraction of sp³-hybridized carbons (Fsp3) is 0.769. The van der Waals surface area contributed by atoms with E-state index in [1.54, 1.807) is 0 Å². The molecule has 0 aliphatic rings. The number of nitrogens with zero attached hydrogens (tertiary/aromatic N) is 2. The first kappa shape index (κ1) is 14.2. The van der Waals surface area contributed by atoms with E-state index >= 15 is 0 Å². The summed E-state index contributed by atoms with van der Waals surface area (Å²) < 4.78 is 2.04. The lowest BCUT2D eigenvalue weighted by Crippen LogP contribution is -2.31. The lowest BCUT2D eigenvalue weighted by atomic mass is 9.92. The minimum Gasteiger partial charge on any atom is -0.337 e. The van der Waals surface area contributed by atoms with E-state index in [0.29, 0.717) is 0 Å². The number of imidazole rings is 1. The van der Waals surface area contributed by atoms with Crippen LogP contribution in [-0.2, 0) is 7.05 Å². The Kier molecular flexibility index (Phi) is 6.22. The molecule has 98 valence electrons. The van der Waals surface area contributed by atoms with E-state index < -0.39 is 0 Å². The van der Waals surface area contributed by atoms with Gasteiger partial charge < -0.3 is 4.57 Å².